The molecule has 5 rings (SSSR count). The van der Waals surface area contributed by atoms with Crippen molar-refractivity contribution in [2.75, 3.05) is 13.2 Å². The van der Waals surface area contributed by atoms with E-state index < -0.39 is 18.6 Å². The van der Waals surface area contributed by atoms with Crippen molar-refractivity contribution < 1.29 is 19.4 Å². The number of thiazole rings is 1. The number of hydrogen-bond acceptors (Lipinski definition) is 5. The van der Waals surface area contributed by atoms with E-state index in [-0.39, 0.29) is 11.8 Å². The average Bonchev–Trinajstić information content (AvgIpc) is 3.43. The zero-order valence-electron chi connectivity index (χ0n) is 17.2. The lowest BCUT2D eigenvalue weighted by Gasteiger charge is -2.37. The molecule has 1 amide bonds. The second-order valence-electron chi connectivity index (χ2n) is 8.09. The van der Waals surface area contributed by atoms with Gasteiger partial charge in [0.15, 0.2) is 6.61 Å². The van der Waals surface area contributed by atoms with Crippen LogP contribution in [0.15, 0.2) is 48.0 Å². The first-order valence-corrected chi connectivity index (χ1v) is 11.7. The fraction of sp³-hybridized carbons (Fsp3) is 0.292. The maximum Gasteiger partial charge on any atom is 0.341 e. The van der Waals surface area contributed by atoms with Gasteiger partial charge in [0, 0.05) is 29.5 Å². The second-order valence-corrected chi connectivity index (χ2v) is 9.41. The number of carbonyl (C=O) groups is 2. The van der Waals surface area contributed by atoms with Gasteiger partial charge in [-0.15, -0.1) is 11.3 Å². The van der Waals surface area contributed by atoms with E-state index in [1.165, 1.54) is 22.5 Å². The van der Waals surface area contributed by atoms with Gasteiger partial charge in [-0.2, -0.15) is 0 Å². The summed E-state index contributed by atoms with van der Waals surface area (Å²) in [6.45, 7) is 0.0702. The van der Waals surface area contributed by atoms with Crippen LogP contribution in [-0.4, -0.2) is 40.0 Å². The Labute approximate surface area is 194 Å². The van der Waals surface area contributed by atoms with Crippen LogP contribution in [0.2, 0.25) is 5.02 Å². The molecule has 2 aliphatic rings. The van der Waals surface area contributed by atoms with Gasteiger partial charge >= 0.3 is 5.97 Å². The molecule has 0 saturated carbocycles. The first-order chi connectivity index (χ1) is 15.5. The number of rotatable bonds is 5. The third-order valence-corrected chi connectivity index (χ3v) is 7.28. The summed E-state index contributed by atoms with van der Waals surface area (Å²) < 4.78 is 5.59. The second kappa shape index (κ2) is 8.56. The molecule has 1 unspecified atom stereocenters. The Bertz CT molecular complexity index is 1170. The standard InChI is InChI=1S/C24H21ClN2O4S/c25-17-5-6-20(31-12-21(28)29)18(11-17)22-23-19(26-13-32-23)7-8-27(22)24(30)16-9-14-3-1-2-4-15(14)10-16/h1-6,11,13,16,22H,7-10,12H2,(H,28,29). The number of aromatic nitrogens is 1. The molecule has 2 heterocycles. The van der Waals surface area contributed by atoms with E-state index in [1.54, 1.807) is 23.7 Å². The van der Waals surface area contributed by atoms with Gasteiger partial charge in [-0.25, -0.2) is 9.78 Å². The summed E-state index contributed by atoms with van der Waals surface area (Å²) in [6, 6.07) is 12.9. The molecule has 32 heavy (non-hydrogen) atoms. The number of aliphatic carboxylic acids is 1. The average molecular weight is 469 g/mol. The molecule has 1 aliphatic carbocycles. The largest absolute Gasteiger partial charge is 0.482 e. The number of fused-ring (bicyclic) bond motifs is 2. The smallest absolute Gasteiger partial charge is 0.341 e. The zero-order chi connectivity index (χ0) is 22.2. The molecule has 1 N–H and O–H groups in total. The van der Waals surface area contributed by atoms with Gasteiger partial charge in [-0.05, 0) is 42.2 Å². The van der Waals surface area contributed by atoms with Crippen LogP contribution in [0.5, 0.6) is 5.75 Å². The van der Waals surface area contributed by atoms with E-state index in [0.717, 1.165) is 23.4 Å². The van der Waals surface area contributed by atoms with Crippen LogP contribution < -0.4 is 4.74 Å². The van der Waals surface area contributed by atoms with Crippen molar-refractivity contribution in [3.05, 3.63) is 80.3 Å². The minimum Gasteiger partial charge on any atom is -0.482 e. The lowest BCUT2D eigenvalue weighted by Crippen LogP contribution is -2.43. The molecule has 6 nitrogen and oxygen atoms in total. The molecule has 0 bridgehead atoms. The summed E-state index contributed by atoms with van der Waals surface area (Å²) in [6.07, 6.45) is 2.14. The summed E-state index contributed by atoms with van der Waals surface area (Å²) in [5.41, 5.74) is 5.90. The van der Waals surface area contributed by atoms with Crippen LogP contribution in [0.1, 0.15) is 33.3 Å². The van der Waals surface area contributed by atoms with Crippen LogP contribution in [0.4, 0.5) is 0 Å². The van der Waals surface area contributed by atoms with E-state index in [2.05, 4.69) is 17.1 Å². The Hall–Kier alpha value is -2.90. The molecular formula is C24H21ClN2O4S. The topological polar surface area (TPSA) is 79.7 Å². The van der Waals surface area contributed by atoms with Crippen LogP contribution in [0, 0.1) is 5.92 Å². The Morgan fingerprint density at radius 2 is 1.94 bits per heavy atom. The number of ether oxygens (including phenoxy) is 1. The van der Waals surface area contributed by atoms with E-state index >= 15 is 0 Å². The Balaban J connectivity index is 1.52. The van der Waals surface area contributed by atoms with Gasteiger partial charge in [0.05, 0.1) is 22.1 Å². The number of halogens is 1. The van der Waals surface area contributed by atoms with E-state index in [1.807, 2.05) is 17.0 Å². The Morgan fingerprint density at radius 1 is 1.19 bits per heavy atom. The molecule has 0 fully saturated rings. The first kappa shape index (κ1) is 21.0. The highest BCUT2D eigenvalue weighted by Crippen LogP contribution is 2.43. The number of carboxylic acid groups (broad SMARTS) is 1. The minimum absolute atomic E-state index is 0.0920. The first-order valence-electron chi connectivity index (χ1n) is 10.4. The summed E-state index contributed by atoms with van der Waals surface area (Å²) in [5.74, 6) is -0.679. The molecule has 1 aromatic heterocycles. The normalized spacial score (nSPS) is 17.7. The molecule has 2 aromatic carbocycles. The van der Waals surface area contributed by atoms with Crippen LogP contribution in [0.25, 0.3) is 0 Å². The molecule has 8 heteroatoms. The van der Waals surface area contributed by atoms with Crippen molar-refractivity contribution in [3.8, 4) is 5.75 Å². The third-order valence-electron chi connectivity index (χ3n) is 6.12. The van der Waals surface area contributed by atoms with Crippen molar-refractivity contribution in [2.24, 2.45) is 5.92 Å². The third kappa shape index (κ3) is 3.87. The fourth-order valence-electron chi connectivity index (χ4n) is 4.70. The zero-order valence-corrected chi connectivity index (χ0v) is 18.7. The van der Waals surface area contributed by atoms with E-state index in [9.17, 15) is 9.59 Å². The summed E-state index contributed by atoms with van der Waals surface area (Å²) >= 11 is 7.83. The highest BCUT2D eigenvalue weighted by molar-refractivity contribution is 7.09. The van der Waals surface area contributed by atoms with Gasteiger partial charge < -0.3 is 14.7 Å². The highest BCUT2D eigenvalue weighted by atomic mass is 35.5. The number of hydrogen-bond donors (Lipinski definition) is 1. The molecule has 0 saturated heterocycles. The number of benzene rings is 2. The molecule has 164 valence electrons. The lowest BCUT2D eigenvalue weighted by molar-refractivity contribution is -0.140. The van der Waals surface area contributed by atoms with Gasteiger partial charge in [0.2, 0.25) is 5.91 Å². The molecule has 1 atom stereocenters. The van der Waals surface area contributed by atoms with Gasteiger partial charge in [0.25, 0.3) is 0 Å². The van der Waals surface area contributed by atoms with Crippen LogP contribution >= 0.6 is 22.9 Å². The van der Waals surface area contributed by atoms with E-state index in [4.69, 9.17) is 21.4 Å². The van der Waals surface area contributed by atoms with Crippen molar-refractivity contribution in [3.63, 3.8) is 0 Å². The predicted octanol–water partition coefficient (Wildman–Crippen LogP) is 4.15. The van der Waals surface area contributed by atoms with E-state index in [0.29, 0.717) is 29.3 Å². The minimum atomic E-state index is -1.07. The number of carbonyl (C=O) groups excluding carboxylic acids is 1. The molecular weight excluding hydrogens is 448 g/mol. The van der Waals surface area contributed by atoms with Gasteiger partial charge in [-0.3, -0.25) is 4.79 Å². The predicted molar refractivity (Wildman–Crippen MR) is 121 cm³/mol. The summed E-state index contributed by atoms with van der Waals surface area (Å²) in [7, 11) is 0. The van der Waals surface area contributed by atoms with Crippen molar-refractivity contribution in [1.82, 2.24) is 9.88 Å². The highest BCUT2D eigenvalue weighted by Gasteiger charge is 2.39. The Morgan fingerprint density at radius 3 is 2.66 bits per heavy atom. The van der Waals surface area contributed by atoms with Crippen molar-refractivity contribution in [1.29, 1.82) is 0 Å². The number of amides is 1. The maximum atomic E-state index is 13.8. The van der Waals surface area contributed by atoms with Crippen molar-refractivity contribution >= 4 is 34.8 Å². The fourth-order valence-corrected chi connectivity index (χ4v) is 5.85. The number of carboxylic acids is 1. The van der Waals surface area contributed by atoms with Gasteiger partial charge in [-0.1, -0.05) is 35.9 Å². The molecule has 0 spiro atoms. The van der Waals surface area contributed by atoms with Crippen molar-refractivity contribution in [2.45, 2.75) is 25.3 Å². The lowest BCUT2D eigenvalue weighted by atomic mass is 9.94. The molecule has 1 aliphatic heterocycles. The summed E-state index contributed by atoms with van der Waals surface area (Å²) in [5, 5.41) is 9.60. The Kier molecular flexibility index (Phi) is 5.61. The monoisotopic (exact) mass is 468 g/mol. The maximum absolute atomic E-state index is 13.8. The van der Waals surface area contributed by atoms with Gasteiger partial charge in [0.1, 0.15) is 5.75 Å². The SMILES string of the molecule is O=C(O)COc1ccc(Cl)cc1C1c2scnc2CCN1C(=O)C1Cc2ccccc2C1. The molecule has 0 radical (unpaired) electrons. The summed E-state index contributed by atoms with van der Waals surface area (Å²) in [4.78, 5) is 32.3. The van der Waals surface area contributed by atoms with Crippen LogP contribution in [-0.2, 0) is 28.9 Å². The van der Waals surface area contributed by atoms with Crippen LogP contribution in [0.3, 0.4) is 0 Å². The molecule has 3 aromatic rings. The number of nitrogens with zero attached hydrogens (tertiary/aromatic N) is 2. The quantitative estimate of drug-likeness (QED) is 0.608.